The molecule has 1 N–H and O–H groups in total. The SMILES string of the molecule is Cc1cc(NC(=O)[C@H](C)Sc2nc3ccc([N+](=O)[O-])cc3s2)no1. The number of fused-ring (bicyclic) bond motifs is 1. The molecular weight excluding hydrogens is 352 g/mol. The molecule has 10 heteroatoms. The molecule has 3 rings (SSSR count). The van der Waals surface area contributed by atoms with Crippen molar-refractivity contribution >= 4 is 50.7 Å². The van der Waals surface area contributed by atoms with E-state index in [1.54, 1.807) is 26.0 Å². The smallest absolute Gasteiger partial charge is 0.270 e. The van der Waals surface area contributed by atoms with Crippen molar-refractivity contribution in [3.63, 3.8) is 0 Å². The van der Waals surface area contributed by atoms with E-state index in [1.165, 1.54) is 35.2 Å². The third-order valence-corrected chi connectivity index (χ3v) is 5.30. The second kappa shape index (κ2) is 6.57. The maximum absolute atomic E-state index is 12.2. The summed E-state index contributed by atoms with van der Waals surface area (Å²) in [5.74, 6) is 0.752. The molecule has 2 heterocycles. The lowest BCUT2D eigenvalue weighted by Crippen LogP contribution is -2.22. The molecule has 0 radical (unpaired) electrons. The Morgan fingerprint density at radius 3 is 2.92 bits per heavy atom. The fourth-order valence-electron chi connectivity index (χ4n) is 1.91. The summed E-state index contributed by atoms with van der Waals surface area (Å²) in [6.45, 7) is 3.49. The summed E-state index contributed by atoms with van der Waals surface area (Å²) in [6.07, 6.45) is 0. The number of aryl methyl sites for hydroxylation is 1. The van der Waals surface area contributed by atoms with Crippen molar-refractivity contribution in [2.24, 2.45) is 0 Å². The Labute approximate surface area is 144 Å². The molecule has 1 amide bonds. The van der Waals surface area contributed by atoms with Gasteiger partial charge in [0, 0.05) is 18.2 Å². The Morgan fingerprint density at radius 2 is 2.25 bits per heavy atom. The van der Waals surface area contributed by atoms with Gasteiger partial charge in [0.15, 0.2) is 10.2 Å². The number of nitrogens with one attached hydrogen (secondary N) is 1. The largest absolute Gasteiger partial charge is 0.360 e. The number of nitrogens with zero attached hydrogens (tertiary/aromatic N) is 3. The summed E-state index contributed by atoms with van der Waals surface area (Å²) < 4.78 is 6.28. The number of aromatic nitrogens is 2. The molecule has 0 unspecified atom stereocenters. The molecule has 124 valence electrons. The molecule has 8 nitrogen and oxygen atoms in total. The zero-order valence-corrected chi connectivity index (χ0v) is 14.3. The van der Waals surface area contributed by atoms with Gasteiger partial charge >= 0.3 is 0 Å². The number of thioether (sulfide) groups is 1. The van der Waals surface area contributed by atoms with Gasteiger partial charge in [-0.1, -0.05) is 16.9 Å². The maximum Gasteiger partial charge on any atom is 0.270 e. The number of rotatable bonds is 5. The number of benzene rings is 1. The van der Waals surface area contributed by atoms with Gasteiger partial charge in [0.05, 0.1) is 20.4 Å². The van der Waals surface area contributed by atoms with E-state index in [-0.39, 0.29) is 11.6 Å². The van der Waals surface area contributed by atoms with E-state index in [2.05, 4.69) is 15.5 Å². The minimum atomic E-state index is -0.443. The van der Waals surface area contributed by atoms with Crippen molar-refractivity contribution in [1.82, 2.24) is 10.1 Å². The molecule has 0 saturated carbocycles. The van der Waals surface area contributed by atoms with Gasteiger partial charge in [-0.2, -0.15) is 0 Å². The summed E-state index contributed by atoms with van der Waals surface area (Å²) >= 11 is 2.60. The molecule has 0 saturated heterocycles. The lowest BCUT2D eigenvalue weighted by molar-refractivity contribution is -0.384. The first kappa shape index (κ1) is 16.4. The topological polar surface area (TPSA) is 111 Å². The van der Waals surface area contributed by atoms with Crippen LogP contribution in [0.5, 0.6) is 0 Å². The average Bonchev–Trinajstić information content (AvgIpc) is 3.11. The Kier molecular flexibility index (Phi) is 4.49. The molecule has 1 atom stereocenters. The van der Waals surface area contributed by atoms with Crippen LogP contribution in [-0.4, -0.2) is 26.2 Å². The summed E-state index contributed by atoms with van der Waals surface area (Å²) in [4.78, 5) is 26.9. The molecule has 1 aromatic carbocycles. The van der Waals surface area contributed by atoms with Gasteiger partial charge in [0.25, 0.3) is 5.69 Å². The van der Waals surface area contributed by atoms with Gasteiger partial charge in [0.2, 0.25) is 5.91 Å². The minimum Gasteiger partial charge on any atom is -0.360 e. The number of nitro groups is 1. The highest BCUT2D eigenvalue weighted by Gasteiger charge is 2.19. The number of anilines is 1. The van der Waals surface area contributed by atoms with Gasteiger partial charge in [0.1, 0.15) is 5.76 Å². The summed E-state index contributed by atoms with van der Waals surface area (Å²) in [5, 5.41) is 16.8. The van der Waals surface area contributed by atoms with Gasteiger partial charge in [-0.15, -0.1) is 11.3 Å². The third-order valence-electron chi connectivity index (χ3n) is 3.09. The molecule has 3 aromatic rings. The van der Waals surface area contributed by atoms with Crippen LogP contribution in [0.3, 0.4) is 0 Å². The fourth-order valence-corrected chi connectivity index (χ4v) is 4.16. The highest BCUT2D eigenvalue weighted by molar-refractivity contribution is 8.02. The maximum atomic E-state index is 12.2. The number of carbonyl (C=O) groups excluding carboxylic acids is 1. The van der Waals surface area contributed by atoms with Crippen LogP contribution in [-0.2, 0) is 4.79 Å². The van der Waals surface area contributed by atoms with Crippen LogP contribution in [0.15, 0.2) is 33.1 Å². The van der Waals surface area contributed by atoms with Crippen molar-refractivity contribution in [2.75, 3.05) is 5.32 Å². The van der Waals surface area contributed by atoms with Gasteiger partial charge in [-0.05, 0) is 19.9 Å². The van der Waals surface area contributed by atoms with Crippen LogP contribution in [0.2, 0.25) is 0 Å². The summed E-state index contributed by atoms with van der Waals surface area (Å²) in [6, 6.07) is 6.14. The third kappa shape index (κ3) is 3.54. The first-order valence-electron chi connectivity index (χ1n) is 6.88. The van der Waals surface area contributed by atoms with Crippen molar-refractivity contribution < 1.29 is 14.2 Å². The van der Waals surface area contributed by atoms with E-state index in [4.69, 9.17) is 4.52 Å². The lowest BCUT2D eigenvalue weighted by Gasteiger charge is -2.07. The first-order chi connectivity index (χ1) is 11.4. The molecule has 0 fully saturated rings. The van der Waals surface area contributed by atoms with Gasteiger partial charge < -0.3 is 9.84 Å². The van der Waals surface area contributed by atoms with E-state index < -0.39 is 10.2 Å². The van der Waals surface area contributed by atoms with Crippen LogP contribution in [0.1, 0.15) is 12.7 Å². The number of thiazole rings is 1. The van der Waals surface area contributed by atoms with E-state index in [9.17, 15) is 14.9 Å². The highest BCUT2D eigenvalue weighted by atomic mass is 32.2. The molecule has 0 aliphatic rings. The predicted octanol–water partition coefficient (Wildman–Crippen LogP) is 3.62. The van der Waals surface area contributed by atoms with Crippen molar-refractivity contribution in [1.29, 1.82) is 0 Å². The predicted molar refractivity (Wildman–Crippen MR) is 91.5 cm³/mol. The van der Waals surface area contributed by atoms with Crippen LogP contribution >= 0.6 is 23.1 Å². The first-order valence-corrected chi connectivity index (χ1v) is 8.58. The molecule has 0 spiro atoms. The average molecular weight is 364 g/mol. The molecule has 0 bridgehead atoms. The van der Waals surface area contributed by atoms with E-state index in [0.29, 0.717) is 26.1 Å². The van der Waals surface area contributed by atoms with Gasteiger partial charge in [-0.25, -0.2) is 4.98 Å². The minimum absolute atomic E-state index is 0.0230. The zero-order chi connectivity index (χ0) is 17.3. The normalized spacial score (nSPS) is 12.2. The highest BCUT2D eigenvalue weighted by Crippen LogP contribution is 2.34. The monoisotopic (exact) mass is 364 g/mol. The summed E-state index contributed by atoms with van der Waals surface area (Å²) in [7, 11) is 0. The Bertz CT molecular complexity index is 921. The molecule has 24 heavy (non-hydrogen) atoms. The number of carbonyl (C=O) groups is 1. The number of amides is 1. The lowest BCUT2D eigenvalue weighted by atomic mass is 10.3. The van der Waals surface area contributed by atoms with Crippen LogP contribution in [0.4, 0.5) is 11.5 Å². The van der Waals surface area contributed by atoms with Crippen molar-refractivity contribution in [3.05, 3.63) is 40.1 Å². The Morgan fingerprint density at radius 1 is 1.46 bits per heavy atom. The number of hydrogen-bond donors (Lipinski definition) is 1. The molecule has 0 aliphatic carbocycles. The van der Waals surface area contributed by atoms with Crippen molar-refractivity contribution in [2.45, 2.75) is 23.4 Å². The standard InChI is InChI=1S/C14H12N4O4S2/c1-7-5-12(17-22-7)16-13(19)8(2)23-14-15-10-4-3-9(18(20)21)6-11(10)24-14/h3-6,8H,1-2H3,(H,16,17,19)/t8-/m0/s1. The van der Waals surface area contributed by atoms with E-state index in [0.717, 1.165) is 0 Å². The molecular formula is C14H12N4O4S2. The number of non-ortho nitro benzene ring substituents is 1. The summed E-state index contributed by atoms with van der Waals surface area (Å²) in [5.41, 5.74) is 0.697. The van der Waals surface area contributed by atoms with E-state index >= 15 is 0 Å². The molecule has 2 aromatic heterocycles. The second-order valence-electron chi connectivity index (χ2n) is 4.96. The van der Waals surface area contributed by atoms with E-state index in [1.807, 2.05) is 0 Å². The number of hydrogen-bond acceptors (Lipinski definition) is 8. The fraction of sp³-hybridized carbons (Fsp3) is 0.214. The van der Waals surface area contributed by atoms with Crippen LogP contribution in [0, 0.1) is 17.0 Å². The van der Waals surface area contributed by atoms with Crippen LogP contribution < -0.4 is 5.32 Å². The Balaban J connectivity index is 1.71. The zero-order valence-electron chi connectivity index (χ0n) is 12.7. The quantitative estimate of drug-likeness (QED) is 0.418. The van der Waals surface area contributed by atoms with Crippen LogP contribution in [0.25, 0.3) is 10.2 Å². The molecule has 0 aliphatic heterocycles. The number of nitro benzene ring substituents is 1. The second-order valence-corrected chi connectivity index (χ2v) is 7.58. The Hall–Kier alpha value is -2.46. The van der Waals surface area contributed by atoms with Crippen molar-refractivity contribution in [3.8, 4) is 0 Å². The van der Waals surface area contributed by atoms with Gasteiger partial charge in [-0.3, -0.25) is 14.9 Å².